The van der Waals surface area contributed by atoms with Gasteiger partial charge >= 0.3 is 18.2 Å². The Kier molecular flexibility index (Phi) is 6.00. The van der Waals surface area contributed by atoms with E-state index >= 15 is 0 Å². The normalized spacial score (nSPS) is 35.7. The Bertz CT molecular complexity index is 1230. The van der Waals surface area contributed by atoms with E-state index in [0.717, 1.165) is 19.3 Å². The Balaban J connectivity index is 1.19. The number of carbonyl (C=O) groups excluding carboxylic acids is 2. The van der Waals surface area contributed by atoms with Gasteiger partial charge in [0.2, 0.25) is 0 Å². The first-order valence-corrected chi connectivity index (χ1v) is 13.4. The predicted molar refractivity (Wildman–Crippen MR) is 131 cm³/mol. The van der Waals surface area contributed by atoms with E-state index in [9.17, 15) is 14.0 Å². The fraction of sp³-hybridized carbons (Fsp3) is 0.731. The second-order valence-electron chi connectivity index (χ2n) is 12.1. The number of nitrogens with zero attached hydrogens (tertiary/aromatic N) is 4. The number of carbonyl (C=O) groups is 2. The molecule has 0 aromatic carbocycles. The Labute approximate surface area is 219 Å². The number of rotatable bonds is 6. The van der Waals surface area contributed by atoms with Gasteiger partial charge in [-0.2, -0.15) is 14.4 Å². The quantitative estimate of drug-likeness (QED) is 0.431. The third kappa shape index (κ3) is 4.46. The molecule has 4 aliphatic carbocycles. The largest absolute Gasteiger partial charge is 0.508 e. The molecular formula is C26H34FN5O6. The van der Waals surface area contributed by atoms with E-state index < -0.39 is 41.7 Å². The third-order valence-electron chi connectivity index (χ3n) is 8.72. The smallest absolute Gasteiger partial charge is 0.459 e. The van der Waals surface area contributed by atoms with Gasteiger partial charge in [-0.25, -0.2) is 9.78 Å². The van der Waals surface area contributed by atoms with Gasteiger partial charge < -0.3 is 24.7 Å². The molecule has 2 aromatic rings. The summed E-state index contributed by atoms with van der Waals surface area (Å²) in [7, 11) is 0. The van der Waals surface area contributed by atoms with Gasteiger partial charge in [0, 0.05) is 6.42 Å². The van der Waals surface area contributed by atoms with Crippen LogP contribution in [0.5, 0.6) is 0 Å². The lowest BCUT2D eigenvalue weighted by Gasteiger charge is -2.55. The summed E-state index contributed by atoms with van der Waals surface area (Å²) in [6, 6.07) is 0. The van der Waals surface area contributed by atoms with Gasteiger partial charge in [-0.3, -0.25) is 9.36 Å². The molecule has 0 unspecified atom stereocenters. The summed E-state index contributed by atoms with van der Waals surface area (Å²) in [4.78, 5) is 37.0. The number of fused-ring (bicyclic) bond motifs is 1. The molecule has 3 heterocycles. The molecule has 206 valence electrons. The van der Waals surface area contributed by atoms with Crippen LogP contribution in [-0.2, 0) is 23.7 Å². The molecule has 4 saturated carbocycles. The highest BCUT2D eigenvalue weighted by Crippen LogP contribution is 2.57. The van der Waals surface area contributed by atoms with Crippen molar-refractivity contribution < 1.29 is 32.9 Å². The molecule has 4 bridgehead atoms. The van der Waals surface area contributed by atoms with E-state index in [1.165, 1.54) is 30.2 Å². The van der Waals surface area contributed by atoms with Crippen LogP contribution >= 0.6 is 0 Å². The number of imidazole rings is 1. The predicted octanol–water partition coefficient (Wildman–Crippen LogP) is 3.92. The first-order valence-electron chi connectivity index (χ1n) is 13.4. The van der Waals surface area contributed by atoms with Crippen molar-refractivity contribution in [3.05, 3.63) is 12.4 Å². The molecule has 0 radical (unpaired) electrons. The summed E-state index contributed by atoms with van der Waals surface area (Å²) < 4.78 is 39.1. The summed E-state index contributed by atoms with van der Waals surface area (Å²) >= 11 is 0. The van der Waals surface area contributed by atoms with Crippen LogP contribution in [0.1, 0.15) is 71.9 Å². The molecule has 38 heavy (non-hydrogen) atoms. The minimum atomic E-state index is -1.19. The fourth-order valence-electron chi connectivity index (χ4n) is 7.30. The molecule has 1 saturated heterocycles. The van der Waals surface area contributed by atoms with Crippen LogP contribution in [0, 0.1) is 29.7 Å². The van der Waals surface area contributed by atoms with Crippen molar-refractivity contribution in [2.24, 2.45) is 23.7 Å². The van der Waals surface area contributed by atoms with Gasteiger partial charge in [0.05, 0.1) is 12.2 Å². The lowest BCUT2D eigenvalue weighted by Crippen LogP contribution is -2.53. The average molecular weight is 532 g/mol. The van der Waals surface area contributed by atoms with Crippen molar-refractivity contribution in [2.45, 2.75) is 89.3 Å². The Morgan fingerprint density at radius 2 is 1.82 bits per heavy atom. The van der Waals surface area contributed by atoms with E-state index in [0.29, 0.717) is 17.8 Å². The van der Waals surface area contributed by atoms with E-state index in [1.54, 1.807) is 20.8 Å². The van der Waals surface area contributed by atoms with E-state index in [4.69, 9.17) is 24.7 Å². The van der Waals surface area contributed by atoms with Crippen molar-refractivity contribution in [1.29, 1.82) is 0 Å². The summed E-state index contributed by atoms with van der Waals surface area (Å²) in [5.41, 5.74) is 4.56. The zero-order valence-electron chi connectivity index (χ0n) is 21.9. The maximum absolute atomic E-state index is 13.9. The van der Waals surface area contributed by atoms with E-state index in [-0.39, 0.29) is 35.9 Å². The van der Waals surface area contributed by atoms with Crippen LogP contribution in [0.15, 0.2) is 6.33 Å². The van der Waals surface area contributed by atoms with Gasteiger partial charge in [-0.15, -0.1) is 0 Å². The molecule has 7 rings (SSSR count). The Morgan fingerprint density at radius 1 is 1.16 bits per heavy atom. The third-order valence-corrected chi connectivity index (χ3v) is 8.72. The maximum atomic E-state index is 13.9. The van der Waals surface area contributed by atoms with E-state index in [1.807, 2.05) is 0 Å². The summed E-state index contributed by atoms with van der Waals surface area (Å²) in [6.07, 6.45) is 4.82. The number of hydrogen-bond donors (Lipinski definition) is 1. The van der Waals surface area contributed by atoms with Crippen LogP contribution in [-0.4, -0.2) is 55.6 Å². The van der Waals surface area contributed by atoms with Crippen LogP contribution in [0.25, 0.3) is 11.2 Å². The molecule has 11 nitrogen and oxygen atoms in total. The van der Waals surface area contributed by atoms with Crippen molar-refractivity contribution in [2.75, 3.05) is 12.3 Å². The van der Waals surface area contributed by atoms with Gasteiger partial charge in [0.15, 0.2) is 17.0 Å². The summed E-state index contributed by atoms with van der Waals surface area (Å²) in [5.74, 6) is 1.00. The lowest BCUT2D eigenvalue weighted by atomic mass is 9.54. The highest BCUT2D eigenvalue weighted by Gasteiger charge is 2.54. The lowest BCUT2D eigenvalue weighted by molar-refractivity contribution is -0.173. The summed E-state index contributed by atoms with van der Waals surface area (Å²) in [6.45, 7) is 4.99. The van der Waals surface area contributed by atoms with Crippen LogP contribution < -0.4 is 5.73 Å². The van der Waals surface area contributed by atoms with Crippen LogP contribution in [0.3, 0.4) is 0 Å². The van der Waals surface area contributed by atoms with Gasteiger partial charge in [0.1, 0.15) is 30.1 Å². The molecule has 0 spiro atoms. The second-order valence-corrected chi connectivity index (χ2v) is 12.1. The first kappa shape index (κ1) is 25.3. The monoisotopic (exact) mass is 531 g/mol. The molecule has 5 aliphatic rings. The SMILES string of the molecule is CC(C)C(=O)O[C@H]1C[C@H](n2cnc3c(N)nc(F)nc32)O[C@]1(C)COC(=O)OC12CC3CC(CC(C3)C1)C2. The minimum Gasteiger partial charge on any atom is -0.459 e. The zero-order valence-corrected chi connectivity index (χ0v) is 21.9. The van der Waals surface area contributed by atoms with E-state index in [2.05, 4.69) is 15.0 Å². The fourth-order valence-corrected chi connectivity index (χ4v) is 7.30. The molecule has 2 N–H and O–H groups in total. The van der Waals surface area contributed by atoms with Crippen LogP contribution in [0.2, 0.25) is 0 Å². The van der Waals surface area contributed by atoms with Crippen molar-refractivity contribution in [1.82, 2.24) is 19.5 Å². The van der Waals surface area contributed by atoms with Crippen molar-refractivity contribution >= 4 is 29.1 Å². The van der Waals surface area contributed by atoms with Gasteiger partial charge in [-0.1, -0.05) is 13.8 Å². The summed E-state index contributed by atoms with van der Waals surface area (Å²) in [5, 5.41) is 0. The number of anilines is 1. The van der Waals surface area contributed by atoms with Crippen LogP contribution in [0.4, 0.5) is 15.0 Å². The second kappa shape index (κ2) is 9.03. The molecule has 1 aliphatic heterocycles. The highest BCUT2D eigenvalue weighted by molar-refractivity contribution is 5.81. The number of esters is 1. The molecular weight excluding hydrogens is 497 g/mol. The number of aromatic nitrogens is 4. The maximum Gasteiger partial charge on any atom is 0.508 e. The first-order chi connectivity index (χ1) is 18.0. The van der Waals surface area contributed by atoms with Gasteiger partial charge in [0.25, 0.3) is 0 Å². The standard InChI is InChI=1S/C26H34FN5O6/c1-13(2)22(33)36-17-7-18(32-12-29-19-20(28)30-23(27)31-21(19)32)37-25(17,3)11-35-24(34)38-26-8-14-4-15(9-26)6-16(5-14)10-26/h12-18H,4-11H2,1-3H3,(H2,28,30,31)/t14?,15?,16?,17-,18+,25+,26?/m0/s1. The number of ether oxygens (including phenoxy) is 4. The number of hydrogen-bond acceptors (Lipinski definition) is 10. The Morgan fingerprint density at radius 3 is 2.45 bits per heavy atom. The molecule has 12 heteroatoms. The zero-order chi connectivity index (χ0) is 26.8. The minimum absolute atomic E-state index is 0.0921. The highest BCUT2D eigenvalue weighted by atomic mass is 19.1. The van der Waals surface area contributed by atoms with Crippen molar-refractivity contribution in [3.63, 3.8) is 0 Å². The molecule has 5 fully saturated rings. The van der Waals surface area contributed by atoms with Gasteiger partial charge in [-0.05, 0) is 63.2 Å². The molecule has 0 amide bonds. The average Bonchev–Trinajstić information content (AvgIpc) is 3.38. The topological polar surface area (TPSA) is 141 Å². The number of nitrogens with two attached hydrogens (primary N) is 1. The number of halogens is 1. The number of nitrogen functional groups attached to an aromatic ring is 1. The Hall–Kier alpha value is -3.02. The molecule has 2 aromatic heterocycles. The van der Waals surface area contributed by atoms with Crippen molar-refractivity contribution in [3.8, 4) is 0 Å². The molecule has 3 atom stereocenters.